The second kappa shape index (κ2) is 12.3. The molecule has 1 aliphatic rings. The Kier molecular flexibility index (Phi) is 8.93. The fourth-order valence-corrected chi connectivity index (χ4v) is 4.52. The van der Waals surface area contributed by atoms with Crippen LogP contribution in [0.2, 0.25) is 5.02 Å². The first-order valence-corrected chi connectivity index (χ1v) is 12.5. The summed E-state index contributed by atoms with van der Waals surface area (Å²) in [5.41, 5.74) is 2.19. The molecule has 3 N–H and O–H groups in total. The van der Waals surface area contributed by atoms with Crippen LogP contribution in [0.15, 0.2) is 53.0 Å². The highest BCUT2D eigenvalue weighted by atomic mass is 79.9. The summed E-state index contributed by atoms with van der Waals surface area (Å²) < 4.78 is 22.8. The number of nitro groups is 1. The number of anilines is 1. The van der Waals surface area contributed by atoms with Crippen LogP contribution in [-0.4, -0.2) is 43.6 Å². The average Bonchev–Trinajstić information content (AvgIpc) is 3.36. The molecule has 0 bridgehead atoms. The topological polar surface area (TPSA) is 124 Å². The molecule has 3 aromatic rings. The molecule has 0 radical (unpaired) electrons. The first-order valence-electron chi connectivity index (χ1n) is 11.3. The van der Waals surface area contributed by atoms with Gasteiger partial charge in [-0.1, -0.05) is 17.7 Å². The van der Waals surface area contributed by atoms with E-state index in [2.05, 4.69) is 26.6 Å². The number of ether oxygens (including phenoxy) is 4. The number of non-ortho nitro benzene ring substituents is 1. The predicted molar refractivity (Wildman–Crippen MR) is 142 cm³/mol. The third kappa shape index (κ3) is 6.75. The molecule has 196 valence electrons. The lowest BCUT2D eigenvalue weighted by molar-refractivity contribution is -0.384. The molecule has 1 heterocycles. The third-order valence-electron chi connectivity index (χ3n) is 5.57. The van der Waals surface area contributed by atoms with Crippen molar-refractivity contribution in [1.82, 2.24) is 5.32 Å². The minimum absolute atomic E-state index is 0.0169. The number of hydrogen-bond acceptors (Lipinski definition) is 9. The Hall–Kier alpha value is -3.25. The summed E-state index contributed by atoms with van der Waals surface area (Å²) in [6, 6.07) is 13.4. The minimum atomic E-state index is -0.871. The van der Waals surface area contributed by atoms with Gasteiger partial charge in [-0.15, -0.1) is 0 Å². The van der Waals surface area contributed by atoms with Crippen LogP contribution in [0.1, 0.15) is 17.2 Å². The Morgan fingerprint density at radius 3 is 2.73 bits per heavy atom. The van der Waals surface area contributed by atoms with E-state index < -0.39 is 11.0 Å². The number of nitrogens with zero attached hydrogens (tertiary/aromatic N) is 1. The maximum absolute atomic E-state index is 10.8. The monoisotopic (exact) mass is 593 g/mol. The van der Waals surface area contributed by atoms with Gasteiger partial charge in [0.05, 0.1) is 27.2 Å². The van der Waals surface area contributed by atoms with Gasteiger partial charge in [-0.2, -0.15) is 0 Å². The van der Waals surface area contributed by atoms with Gasteiger partial charge in [-0.3, -0.25) is 10.1 Å². The number of nitro benzene ring substituents is 1. The summed E-state index contributed by atoms with van der Waals surface area (Å²) in [5, 5.41) is 28.2. The first-order chi connectivity index (χ1) is 17.9. The zero-order chi connectivity index (χ0) is 26.4. The molecule has 4 rings (SSSR count). The van der Waals surface area contributed by atoms with Crippen molar-refractivity contribution in [3.8, 4) is 23.0 Å². The summed E-state index contributed by atoms with van der Waals surface area (Å²) >= 11 is 9.64. The van der Waals surface area contributed by atoms with E-state index in [0.29, 0.717) is 63.4 Å². The zero-order valence-corrected chi connectivity index (χ0v) is 22.2. The van der Waals surface area contributed by atoms with E-state index in [9.17, 15) is 15.2 Å². The highest BCUT2D eigenvalue weighted by molar-refractivity contribution is 9.10. The Morgan fingerprint density at radius 1 is 1.16 bits per heavy atom. The minimum Gasteiger partial charge on any atom is -0.493 e. The highest BCUT2D eigenvalue weighted by Crippen LogP contribution is 2.38. The van der Waals surface area contributed by atoms with Gasteiger partial charge >= 0.3 is 0 Å². The molecule has 0 aliphatic carbocycles. The van der Waals surface area contributed by atoms with E-state index in [4.69, 9.17) is 30.5 Å². The van der Waals surface area contributed by atoms with Crippen LogP contribution in [-0.2, 0) is 6.54 Å². The van der Waals surface area contributed by atoms with Crippen LogP contribution in [0, 0.1) is 10.1 Å². The average molecular weight is 595 g/mol. The summed E-state index contributed by atoms with van der Waals surface area (Å²) in [4.78, 5) is 10.3. The van der Waals surface area contributed by atoms with Gasteiger partial charge in [-0.05, 0) is 57.4 Å². The van der Waals surface area contributed by atoms with Crippen molar-refractivity contribution in [2.75, 3.05) is 38.9 Å². The van der Waals surface area contributed by atoms with Crippen LogP contribution >= 0.6 is 27.5 Å². The van der Waals surface area contributed by atoms with E-state index in [1.807, 2.05) is 12.1 Å². The fraction of sp³-hybridized carbons (Fsp3) is 0.280. The van der Waals surface area contributed by atoms with Gasteiger partial charge in [0.1, 0.15) is 12.7 Å². The summed E-state index contributed by atoms with van der Waals surface area (Å²) in [7, 11) is 1.55. The molecule has 0 saturated carbocycles. The SMILES string of the molecule is COc1cc(CNCCNc2ccc([N+](=O)[O-])cc2Cl)cc(Br)c1OCC(O)c1ccc2c(c1)OCO2. The van der Waals surface area contributed by atoms with Crippen molar-refractivity contribution in [3.05, 3.63) is 79.3 Å². The predicted octanol–water partition coefficient (Wildman–Crippen LogP) is 5.06. The molecular weight excluding hydrogens is 570 g/mol. The van der Waals surface area contributed by atoms with Crippen LogP contribution in [0.5, 0.6) is 23.0 Å². The maximum atomic E-state index is 10.8. The summed E-state index contributed by atoms with van der Waals surface area (Å²) in [5.74, 6) is 2.26. The van der Waals surface area contributed by atoms with Crippen LogP contribution in [0.4, 0.5) is 11.4 Å². The lowest BCUT2D eigenvalue weighted by atomic mass is 10.1. The molecule has 1 unspecified atom stereocenters. The molecule has 3 aromatic carbocycles. The van der Waals surface area contributed by atoms with Crippen LogP contribution in [0.25, 0.3) is 0 Å². The van der Waals surface area contributed by atoms with Gasteiger partial charge in [0.2, 0.25) is 6.79 Å². The Balaban J connectivity index is 1.28. The normalized spacial score (nSPS) is 12.8. The smallest absolute Gasteiger partial charge is 0.271 e. The number of halogens is 2. The lowest BCUT2D eigenvalue weighted by Crippen LogP contribution is -2.22. The zero-order valence-electron chi connectivity index (χ0n) is 19.8. The molecule has 10 nitrogen and oxygen atoms in total. The molecule has 0 amide bonds. The van der Waals surface area contributed by atoms with Crippen molar-refractivity contribution in [2.24, 2.45) is 0 Å². The van der Waals surface area contributed by atoms with Crippen molar-refractivity contribution >= 4 is 38.9 Å². The summed E-state index contributed by atoms with van der Waals surface area (Å²) in [6.07, 6.45) is -0.871. The van der Waals surface area contributed by atoms with E-state index in [1.165, 1.54) is 12.1 Å². The second-order valence-corrected chi connectivity index (χ2v) is 9.33. The Bertz CT molecular complexity index is 1280. The third-order valence-corrected chi connectivity index (χ3v) is 6.47. The molecular formula is C25H25BrClN3O7. The molecule has 0 aromatic heterocycles. The Morgan fingerprint density at radius 2 is 1.97 bits per heavy atom. The number of rotatable bonds is 12. The van der Waals surface area contributed by atoms with Crippen molar-refractivity contribution < 1.29 is 29.0 Å². The van der Waals surface area contributed by atoms with Gasteiger partial charge in [-0.25, -0.2) is 0 Å². The number of aliphatic hydroxyl groups excluding tert-OH is 1. The Labute approximate surface area is 226 Å². The first kappa shape index (κ1) is 26.8. The number of hydrogen-bond donors (Lipinski definition) is 3. The van der Waals surface area contributed by atoms with Gasteiger partial charge in [0, 0.05) is 31.8 Å². The number of aliphatic hydroxyl groups is 1. The second-order valence-electron chi connectivity index (χ2n) is 8.07. The number of fused-ring (bicyclic) bond motifs is 1. The van der Waals surface area contributed by atoms with Crippen molar-refractivity contribution in [3.63, 3.8) is 0 Å². The molecule has 0 saturated heterocycles. The molecule has 12 heteroatoms. The quantitative estimate of drug-likeness (QED) is 0.150. The number of benzene rings is 3. The van der Waals surface area contributed by atoms with E-state index in [0.717, 1.165) is 5.56 Å². The summed E-state index contributed by atoms with van der Waals surface area (Å²) in [6.45, 7) is 1.93. The maximum Gasteiger partial charge on any atom is 0.271 e. The van der Waals surface area contributed by atoms with Crippen LogP contribution in [0.3, 0.4) is 0 Å². The largest absolute Gasteiger partial charge is 0.493 e. The van der Waals surface area contributed by atoms with Crippen LogP contribution < -0.4 is 29.6 Å². The van der Waals surface area contributed by atoms with Gasteiger partial charge in [0.25, 0.3) is 5.69 Å². The van der Waals surface area contributed by atoms with E-state index in [-0.39, 0.29) is 19.1 Å². The van der Waals surface area contributed by atoms with E-state index >= 15 is 0 Å². The fourth-order valence-electron chi connectivity index (χ4n) is 3.67. The van der Waals surface area contributed by atoms with Gasteiger partial charge in [0.15, 0.2) is 23.0 Å². The van der Waals surface area contributed by atoms with Crippen molar-refractivity contribution in [1.29, 1.82) is 0 Å². The van der Waals surface area contributed by atoms with Gasteiger partial charge < -0.3 is 34.7 Å². The highest BCUT2D eigenvalue weighted by Gasteiger charge is 2.19. The van der Waals surface area contributed by atoms with Crippen molar-refractivity contribution in [2.45, 2.75) is 12.6 Å². The lowest BCUT2D eigenvalue weighted by Gasteiger charge is -2.17. The molecule has 0 fully saturated rings. The molecule has 0 spiro atoms. The molecule has 37 heavy (non-hydrogen) atoms. The van der Waals surface area contributed by atoms with E-state index in [1.54, 1.807) is 31.4 Å². The number of nitrogens with one attached hydrogen (secondary N) is 2. The molecule has 1 aliphatic heterocycles. The standard InChI is InChI=1S/C25H25BrClN3O7/c1-34-24-9-15(12-28-6-7-29-20-4-3-17(30(32)33)11-19(20)27)8-18(26)25(24)35-13-21(31)16-2-5-22-23(10-16)37-14-36-22/h2-5,8-11,21,28-29,31H,6-7,12-14H2,1H3. The molecule has 1 atom stereocenters. The number of methoxy groups -OCH3 is 1.